The van der Waals surface area contributed by atoms with Crippen LogP contribution in [0.2, 0.25) is 5.02 Å². The van der Waals surface area contributed by atoms with Crippen LogP contribution >= 0.6 is 11.6 Å². The van der Waals surface area contributed by atoms with Crippen molar-refractivity contribution in [2.75, 3.05) is 26.7 Å². The topological polar surface area (TPSA) is 42.8 Å². The number of fused-ring (bicyclic) bond motifs is 1. The van der Waals surface area contributed by atoms with E-state index in [0.29, 0.717) is 22.9 Å². The highest BCUT2D eigenvalue weighted by atomic mass is 35.5. The second-order valence-electron chi connectivity index (χ2n) is 7.54. The molecule has 5 heteroatoms. The van der Waals surface area contributed by atoms with E-state index in [1.54, 1.807) is 25.3 Å². The van der Waals surface area contributed by atoms with Gasteiger partial charge in [0.1, 0.15) is 11.8 Å². The van der Waals surface area contributed by atoms with Gasteiger partial charge < -0.3 is 15.0 Å². The number of ether oxygens (including phenoxy) is 1. The Balaban J connectivity index is 1.62. The number of carbonyl (C=O) groups is 1. The fourth-order valence-electron chi connectivity index (χ4n) is 4.35. The first-order chi connectivity index (χ1) is 14.2. The van der Waals surface area contributed by atoms with E-state index < -0.39 is 0 Å². The normalized spacial score (nSPS) is 15.4. The van der Waals surface area contributed by atoms with Crippen molar-refractivity contribution in [3.63, 3.8) is 0 Å². The number of nitrogens with one attached hydrogen (secondary N) is 2. The van der Waals surface area contributed by atoms with Gasteiger partial charge in [-0.2, -0.15) is 0 Å². The van der Waals surface area contributed by atoms with Crippen molar-refractivity contribution in [2.24, 2.45) is 0 Å². The van der Waals surface area contributed by atoms with Gasteiger partial charge in [0.2, 0.25) is 0 Å². The van der Waals surface area contributed by atoms with E-state index in [2.05, 4.69) is 47.8 Å². The Bertz CT molecular complexity index is 1010. The molecule has 0 bridgehead atoms. The summed E-state index contributed by atoms with van der Waals surface area (Å²) in [7, 11) is 1.56. The molecule has 1 aliphatic rings. The quantitative estimate of drug-likeness (QED) is 0.652. The first-order valence-corrected chi connectivity index (χ1v) is 10.5. The molecule has 1 aliphatic heterocycles. The average molecular weight is 410 g/mol. The second kappa shape index (κ2) is 8.85. The predicted molar refractivity (Wildman–Crippen MR) is 117 cm³/mol. The lowest BCUT2D eigenvalue weighted by Crippen LogP contribution is -3.11. The largest absolute Gasteiger partial charge is 0.496 e. The van der Waals surface area contributed by atoms with Crippen molar-refractivity contribution in [2.45, 2.75) is 18.9 Å². The SMILES string of the molecule is COc1ccc(Cl)cc1C(=O)NC[C@H](c1cccc2ccccc12)[NH+]1CCCC1. The van der Waals surface area contributed by atoms with E-state index in [0.717, 1.165) is 13.1 Å². The van der Waals surface area contributed by atoms with Crippen LogP contribution in [0, 0.1) is 0 Å². The molecule has 0 unspecified atom stereocenters. The predicted octanol–water partition coefficient (Wildman–Crippen LogP) is 3.65. The zero-order chi connectivity index (χ0) is 20.2. The number of hydrogen-bond acceptors (Lipinski definition) is 2. The first-order valence-electron chi connectivity index (χ1n) is 10.1. The molecule has 0 aliphatic carbocycles. The number of likely N-dealkylation sites (tertiary alicyclic amines) is 1. The monoisotopic (exact) mass is 409 g/mol. The third kappa shape index (κ3) is 4.24. The highest BCUT2D eigenvalue weighted by molar-refractivity contribution is 6.31. The molecular weight excluding hydrogens is 384 g/mol. The Morgan fingerprint density at radius 1 is 1.10 bits per heavy atom. The summed E-state index contributed by atoms with van der Waals surface area (Å²) in [5, 5.41) is 6.15. The minimum Gasteiger partial charge on any atom is -0.496 e. The molecule has 0 aromatic heterocycles. The van der Waals surface area contributed by atoms with E-state index in [1.165, 1.54) is 34.1 Å². The molecule has 3 aromatic carbocycles. The van der Waals surface area contributed by atoms with Gasteiger partial charge in [0.15, 0.2) is 0 Å². The summed E-state index contributed by atoms with van der Waals surface area (Å²) >= 11 is 6.11. The maximum Gasteiger partial charge on any atom is 0.255 e. The molecular formula is C24H26ClN2O2+. The number of hydrogen-bond donors (Lipinski definition) is 2. The molecule has 29 heavy (non-hydrogen) atoms. The fourth-order valence-corrected chi connectivity index (χ4v) is 4.53. The Kier molecular flexibility index (Phi) is 6.02. The summed E-state index contributed by atoms with van der Waals surface area (Å²) in [6.45, 7) is 2.83. The maximum atomic E-state index is 12.9. The zero-order valence-electron chi connectivity index (χ0n) is 16.6. The number of amides is 1. The molecule has 3 aromatic rings. The van der Waals surface area contributed by atoms with Gasteiger partial charge in [-0.05, 0) is 29.0 Å². The number of carbonyl (C=O) groups excluding carboxylic acids is 1. The van der Waals surface area contributed by atoms with Gasteiger partial charge >= 0.3 is 0 Å². The van der Waals surface area contributed by atoms with E-state index in [1.807, 2.05) is 0 Å². The van der Waals surface area contributed by atoms with Crippen LogP contribution in [0.3, 0.4) is 0 Å². The second-order valence-corrected chi connectivity index (χ2v) is 7.98. The number of halogens is 1. The van der Waals surface area contributed by atoms with Crippen molar-refractivity contribution in [1.29, 1.82) is 0 Å². The van der Waals surface area contributed by atoms with Gasteiger partial charge in [0.25, 0.3) is 5.91 Å². The Morgan fingerprint density at radius 3 is 2.66 bits per heavy atom. The van der Waals surface area contributed by atoms with Crippen LogP contribution in [0.1, 0.15) is 34.8 Å². The van der Waals surface area contributed by atoms with Crippen LogP contribution in [0.25, 0.3) is 10.8 Å². The lowest BCUT2D eigenvalue weighted by Gasteiger charge is -2.26. The van der Waals surface area contributed by atoms with Gasteiger partial charge in [0, 0.05) is 23.4 Å². The number of benzene rings is 3. The molecule has 1 atom stereocenters. The van der Waals surface area contributed by atoms with Crippen LogP contribution < -0.4 is 15.0 Å². The Labute approximate surface area is 176 Å². The smallest absolute Gasteiger partial charge is 0.255 e. The third-order valence-electron chi connectivity index (χ3n) is 5.81. The van der Waals surface area contributed by atoms with Crippen LogP contribution in [-0.2, 0) is 0 Å². The van der Waals surface area contributed by atoms with Crippen LogP contribution in [0.15, 0.2) is 60.7 Å². The third-order valence-corrected chi connectivity index (χ3v) is 6.05. The molecule has 0 saturated carbocycles. The van der Waals surface area contributed by atoms with E-state index in [9.17, 15) is 4.79 Å². The van der Waals surface area contributed by atoms with Gasteiger partial charge in [-0.3, -0.25) is 4.79 Å². The molecule has 2 N–H and O–H groups in total. The summed E-state index contributed by atoms with van der Waals surface area (Å²) in [5.74, 6) is 0.371. The molecule has 0 radical (unpaired) electrons. The summed E-state index contributed by atoms with van der Waals surface area (Å²) < 4.78 is 5.35. The Hall–Kier alpha value is -2.56. The molecule has 150 valence electrons. The molecule has 1 fully saturated rings. The van der Waals surface area contributed by atoms with E-state index >= 15 is 0 Å². The average Bonchev–Trinajstić information content (AvgIpc) is 3.28. The highest BCUT2D eigenvalue weighted by Gasteiger charge is 2.29. The summed E-state index contributed by atoms with van der Waals surface area (Å²) in [4.78, 5) is 14.5. The lowest BCUT2D eigenvalue weighted by molar-refractivity contribution is -0.918. The first kappa shape index (κ1) is 19.7. The molecule has 1 saturated heterocycles. The van der Waals surface area contributed by atoms with Crippen LogP contribution in [0.4, 0.5) is 0 Å². The molecule has 4 nitrogen and oxygen atoms in total. The van der Waals surface area contributed by atoms with E-state index in [-0.39, 0.29) is 11.9 Å². The van der Waals surface area contributed by atoms with Crippen LogP contribution in [-0.4, -0.2) is 32.7 Å². The number of rotatable bonds is 6. The van der Waals surface area contributed by atoms with E-state index in [4.69, 9.17) is 16.3 Å². The Morgan fingerprint density at radius 2 is 1.86 bits per heavy atom. The van der Waals surface area contributed by atoms with Crippen molar-refractivity contribution in [3.05, 3.63) is 76.8 Å². The molecule has 1 amide bonds. The fraction of sp³-hybridized carbons (Fsp3) is 0.292. The number of methoxy groups -OCH3 is 1. The van der Waals surface area contributed by atoms with Crippen molar-refractivity contribution in [1.82, 2.24) is 5.32 Å². The van der Waals surface area contributed by atoms with Gasteiger partial charge in [-0.25, -0.2) is 0 Å². The lowest BCUT2D eigenvalue weighted by atomic mass is 9.97. The molecule has 4 rings (SSSR count). The van der Waals surface area contributed by atoms with Crippen molar-refractivity contribution < 1.29 is 14.4 Å². The summed E-state index contributed by atoms with van der Waals surface area (Å²) in [6.07, 6.45) is 2.46. The zero-order valence-corrected chi connectivity index (χ0v) is 17.3. The molecule has 0 spiro atoms. The van der Waals surface area contributed by atoms with Crippen molar-refractivity contribution >= 4 is 28.3 Å². The summed E-state index contributed by atoms with van der Waals surface area (Å²) in [6, 6.07) is 20.2. The minimum atomic E-state index is -0.159. The van der Waals surface area contributed by atoms with Crippen LogP contribution in [0.5, 0.6) is 5.75 Å². The molecule has 1 heterocycles. The van der Waals surface area contributed by atoms with Crippen molar-refractivity contribution in [3.8, 4) is 5.75 Å². The standard InChI is InChI=1S/C24H25ClN2O2/c1-29-23-12-11-18(25)15-21(23)24(28)26-16-22(27-13-4-5-14-27)20-10-6-8-17-7-2-3-9-19(17)20/h2-3,6-12,15,22H,4-5,13-14,16H2,1H3,(H,26,28)/p+1/t22-/m1/s1. The summed E-state index contributed by atoms with van der Waals surface area (Å²) in [5.41, 5.74) is 1.76. The highest BCUT2D eigenvalue weighted by Crippen LogP contribution is 2.25. The number of quaternary nitrogens is 1. The maximum absolute atomic E-state index is 12.9. The van der Waals surface area contributed by atoms with Gasteiger partial charge in [-0.1, -0.05) is 54.1 Å². The minimum absolute atomic E-state index is 0.159. The van der Waals surface area contributed by atoms with Gasteiger partial charge in [0.05, 0.1) is 32.3 Å². The van der Waals surface area contributed by atoms with Gasteiger partial charge in [-0.15, -0.1) is 0 Å².